The fourth-order valence-electron chi connectivity index (χ4n) is 2.87. The van der Waals surface area contributed by atoms with Crippen molar-refractivity contribution in [1.29, 1.82) is 0 Å². The highest BCUT2D eigenvalue weighted by molar-refractivity contribution is 6.32. The Kier molecular flexibility index (Phi) is 4.10. The smallest absolute Gasteiger partial charge is 0.364 e. The molecular formula is C18H12ClF4N3O. The normalized spacial score (nSPS) is 19.3. The number of benzene rings is 2. The maximum atomic E-state index is 13.2. The number of aromatic nitrogens is 2. The van der Waals surface area contributed by atoms with Crippen molar-refractivity contribution < 1.29 is 17.6 Å². The van der Waals surface area contributed by atoms with Gasteiger partial charge in [0, 0.05) is 11.8 Å². The number of hydrogen-bond donors (Lipinski definition) is 1. The molecule has 1 aliphatic carbocycles. The number of nitrogens with one attached hydrogen (secondary N) is 1. The quantitative estimate of drug-likeness (QED) is 0.658. The Bertz CT molecular complexity index is 1100. The Hall–Kier alpha value is -2.61. The Labute approximate surface area is 155 Å². The van der Waals surface area contributed by atoms with Gasteiger partial charge in [0.15, 0.2) is 0 Å². The minimum Gasteiger partial charge on any atom is -0.364 e. The zero-order valence-electron chi connectivity index (χ0n) is 13.6. The fourth-order valence-corrected chi connectivity index (χ4v) is 3.09. The van der Waals surface area contributed by atoms with Gasteiger partial charge in [-0.15, -0.1) is 0 Å². The van der Waals surface area contributed by atoms with Crippen LogP contribution in [0.2, 0.25) is 5.02 Å². The number of alkyl halides is 4. The molecule has 1 saturated carbocycles. The third-order valence-electron chi connectivity index (χ3n) is 4.35. The molecule has 140 valence electrons. The first-order chi connectivity index (χ1) is 12.8. The zero-order chi connectivity index (χ0) is 19.3. The summed E-state index contributed by atoms with van der Waals surface area (Å²) in [7, 11) is 0. The molecule has 0 amide bonds. The standard InChI is InChI=1S/C18H12ClF4N3O/c19-11-3-1-2-4-14(11)26-15-7-9(18(21,22)23)5-6-10(15)16(25-17(26)27)24-13-8-12(13)20/h1-7,12-13H,8H2,(H,24,25,27)/t12-,13+/m1/s1. The van der Waals surface area contributed by atoms with Crippen LogP contribution in [0.5, 0.6) is 0 Å². The van der Waals surface area contributed by atoms with Crippen molar-refractivity contribution in [3.63, 3.8) is 0 Å². The highest BCUT2D eigenvalue weighted by Gasteiger charge is 2.38. The first kappa shape index (κ1) is 17.8. The summed E-state index contributed by atoms with van der Waals surface area (Å²) in [4.78, 5) is 16.5. The zero-order valence-corrected chi connectivity index (χ0v) is 14.4. The SMILES string of the molecule is O=c1nc(N[C@H]2C[C@H]2F)c2ccc(C(F)(F)F)cc2n1-c1ccccc1Cl. The van der Waals surface area contributed by atoms with Crippen LogP contribution in [0.3, 0.4) is 0 Å². The van der Waals surface area contributed by atoms with Gasteiger partial charge in [0.1, 0.15) is 12.0 Å². The summed E-state index contributed by atoms with van der Waals surface area (Å²) in [5.41, 5.74) is -1.53. The van der Waals surface area contributed by atoms with Gasteiger partial charge in [0.25, 0.3) is 0 Å². The van der Waals surface area contributed by atoms with E-state index in [9.17, 15) is 22.4 Å². The predicted molar refractivity (Wildman–Crippen MR) is 94.3 cm³/mol. The van der Waals surface area contributed by atoms with E-state index in [0.717, 1.165) is 16.7 Å². The van der Waals surface area contributed by atoms with E-state index in [-0.39, 0.29) is 33.9 Å². The van der Waals surface area contributed by atoms with E-state index in [1.165, 1.54) is 18.2 Å². The van der Waals surface area contributed by atoms with Crippen molar-refractivity contribution >= 4 is 28.3 Å². The Morgan fingerprint density at radius 3 is 2.52 bits per heavy atom. The van der Waals surface area contributed by atoms with Gasteiger partial charge in [-0.1, -0.05) is 23.7 Å². The van der Waals surface area contributed by atoms with E-state index >= 15 is 0 Å². The van der Waals surface area contributed by atoms with Crippen molar-refractivity contribution in [2.45, 2.75) is 24.8 Å². The molecule has 2 aromatic carbocycles. The van der Waals surface area contributed by atoms with Crippen molar-refractivity contribution in [3.05, 3.63) is 63.5 Å². The maximum absolute atomic E-state index is 13.2. The Morgan fingerprint density at radius 2 is 1.89 bits per heavy atom. The Balaban J connectivity index is 2.01. The highest BCUT2D eigenvalue weighted by Crippen LogP contribution is 2.35. The predicted octanol–water partition coefficient (Wildman–Crippen LogP) is 4.58. The summed E-state index contributed by atoms with van der Waals surface area (Å²) >= 11 is 6.14. The second-order valence-electron chi connectivity index (χ2n) is 6.26. The van der Waals surface area contributed by atoms with E-state index in [1.54, 1.807) is 12.1 Å². The highest BCUT2D eigenvalue weighted by atomic mass is 35.5. The van der Waals surface area contributed by atoms with Crippen LogP contribution in [-0.4, -0.2) is 21.8 Å². The van der Waals surface area contributed by atoms with E-state index in [0.29, 0.717) is 0 Å². The van der Waals surface area contributed by atoms with Gasteiger partial charge in [0.05, 0.1) is 27.8 Å². The van der Waals surface area contributed by atoms with Crippen LogP contribution < -0.4 is 11.0 Å². The third-order valence-corrected chi connectivity index (χ3v) is 4.67. The summed E-state index contributed by atoms with van der Waals surface area (Å²) in [6, 6.07) is 8.76. The van der Waals surface area contributed by atoms with Gasteiger partial charge in [-0.25, -0.2) is 9.18 Å². The van der Waals surface area contributed by atoms with Crippen molar-refractivity contribution in [2.24, 2.45) is 0 Å². The molecule has 0 radical (unpaired) electrons. The van der Waals surface area contributed by atoms with E-state index in [2.05, 4.69) is 10.3 Å². The third kappa shape index (κ3) is 3.25. The number of fused-ring (bicyclic) bond motifs is 1. The van der Waals surface area contributed by atoms with Crippen LogP contribution in [0, 0.1) is 0 Å². The molecular weight excluding hydrogens is 386 g/mol. The summed E-state index contributed by atoms with van der Waals surface area (Å²) in [5, 5.41) is 3.24. The van der Waals surface area contributed by atoms with Crippen LogP contribution in [0.25, 0.3) is 16.6 Å². The molecule has 4 nitrogen and oxygen atoms in total. The number of anilines is 1. The molecule has 1 N–H and O–H groups in total. The number of hydrogen-bond acceptors (Lipinski definition) is 3. The van der Waals surface area contributed by atoms with E-state index < -0.39 is 29.6 Å². The molecule has 0 bridgehead atoms. The number of nitrogens with zero attached hydrogens (tertiary/aromatic N) is 2. The van der Waals surface area contributed by atoms with Crippen molar-refractivity contribution in [2.75, 3.05) is 5.32 Å². The van der Waals surface area contributed by atoms with Gasteiger partial charge in [-0.05, 0) is 30.3 Å². The molecule has 3 aromatic rings. The number of rotatable bonds is 3. The lowest BCUT2D eigenvalue weighted by Gasteiger charge is -2.16. The molecule has 1 fully saturated rings. The first-order valence-electron chi connectivity index (χ1n) is 8.05. The van der Waals surface area contributed by atoms with Crippen LogP contribution >= 0.6 is 11.6 Å². The second-order valence-corrected chi connectivity index (χ2v) is 6.67. The molecule has 0 unspecified atom stereocenters. The fraction of sp³-hybridized carbons (Fsp3) is 0.222. The van der Waals surface area contributed by atoms with E-state index in [1.807, 2.05) is 0 Å². The van der Waals surface area contributed by atoms with Crippen LogP contribution in [0.4, 0.5) is 23.4 Å². The molecule has 0 saturated heterocycles. The molecule has 27 heavy (non-hydrogen) atoms. The lowest BCUT2D eigenvalue weighted by atomic mass is 10.1. The summed E-state index contributed by atoms with van der Waals surface area (Å²) < 4.78 is 53.9. The first-order valence-corrected chi connectivity index (χ1v) is 8.43. The summed E-state index contributed by atoms with van der Waals surface area (Å²) in [5.74, 6) is 0.0529. The minimum atomic E-state index is -4.59. The topological polar surface area (TPSA) is 46.9 Å². The minimum absolute atomic E-state index is 0.0171. The van der Waals surface area contributed by atoms with Gasteiger partial charge >= 0.3 is 11.9 Å². The average Bonchev–Trinajstić information content (AvgIpc) is 3.30. The van der Waals surface area contributed by atoms with E-state index in [4.69, 9.17) is 11.6 Å². The Morgan fingerprint density at radius 1 is 1.19 bits per heavy atom. The molecule has 0 spiro atoms. The van der Waals surface area contributed by atoms with Crippen LogP contribution in [0.1, 0.15) is 12.0 Å². The van der Waals surface area contributed by atoms with Crippen molar-refractivity contribution in [1.82, 2.24) is 9.55 Å². The molecule has 1 aliphatic rings. The van der Waals surface area contributed by atoms with Gasteiger partial charge < -0.3 is 5.32 Å². The molecule has 0 aliphatic heterocycles. The van der Waals surface area contributed by atoms with Gasteiger partial charge in [0.2, 0.25) is 0 Å². The molecule has 1 aromatic heterocycles. The van der Waals surface area contributed by atoms with Crippen LogP contribution in [0.15, 0.2) is 47.3 Å². The second kappa shape index (κ2) is 6.23. The average molecular weight is 398 g/mol. The molecule has 1 heterocycles. The summed E-state index contributed by atoms with van der Waals surface area (Å²) in [6.45, 7) is 0. The molecule has 9 heteroatoms. The monoisotopic (exact) mass is 397 g/mol. The number of para-hydroxylation sites is 1. The molecule has 4 rings (SSSR count). The lowest BCUT2D eigenvalue weighted by Crippen LogP contribution is -2.25. The number of halogens is 5. The largest absolute Gasteiger partial charge is 0.416 e. The van der Waals surface area contributed by atoms with Gasteiger partial charge in [-0.2, -0.15) is 18.2 Å². The van der Waals surface area contributed by atoms with Crippen LogP contribution in [-0.2, 0) is 6.18 Å². The van der Waals surface area contributed by atoms with Crippen molar-refractivity contribution in [3.8, 4) is 5.69 Å². The summed E-state index contributed by atoms with van der Waals surface area (Å²) in [6.07, 6.45) is -5.40. The van der Waals surface area contributed by atoms with Gasteiger partial charge in [-0.3, -0.25) is 4.57 Å². The lowest BCUT2D eigenvalue weighted by molar-refractivity contribution is -0.137. The maximum Gasteiger partial charge on any atom is 0.416 e. The molecule has 2 atom stereocenters.